The van der Waals surface area contributed by atoms with E-state index in [0.29, 0.717) is 25.2 Å². The van der Waals surface area contributed by atoms with Crippen LogP contribution in [0.3, 0.4) is 0 Å². The van der Waals surface area contributed by atoms with Gasteiger partial charge in [-0.3, -0.25) is 4.99 Å². The number of imidazole rings is 1. The van der Waals surface area contributed by atoms with Crippen molar-refractivity contribution >= 4 is 11.2 Å². The van der Waals surface area contributed by atoms with E-state index >= 15 is 0 Å². The molecule has 38 heavy (non-hydrogen) atoms. The Morgan fingerprint density at radius 3 is 2.58 bits per heavy atom. The Morgan fingerprint density at radius 2 is 1.84 bits per heavy atom. The van der Waals surface area contributed by atoms with Gasteiger partial charge in [0.15, 0.2) is 22.6 Å². The standard InChI is InChI=1S/C30H37N5O3/c1-5-31-27-26-28(34-29(33-26)30(2,3)37-19-21-11-7-6-8-12-21)35(20-32-27)18-22-15-16-24(36-4)25(17-22)38-23-13-9-10-14-23/h6-8,11-12,15-17,20,23H,5,9-10,13-14,18-19H2,1-4H3,(H,33,34). The first-order chi connectivity index (χ1) is 18.5. The predicted molar refractivity (Wildman–Crippen MR) is 147 cm³/mol. The Balaban J connectivity index is 1.46. The van der Waals surface area contributed by atoms with Crippen molar-refractivity contribution in [3.63, 3.8) is 0 Å². The molecule has 4 aromatic rings. The minimum absolute atomic E-state index is 0.252. The van der Waals surface area contributed by atoms with Gasteiger partial charge in [0.05, 0.1) is 32.7 Å². The molecule has 1 saturated carbocycles. The summed E-state index contributed by atoms with van der Waals surface area (Å²) >= 11 is 0. The lowest BCUT2D eigenvalue weighted by molar-refractivity contribution is -0.0393. The molecule has 0 spiro atoms. The number of ether oxygens (including phenoxy) is 3. The lowest BCUT2D eigenvalue weighted by Gasteiger charge is -2.23. The molecule has 5 rings (SSSR count). The molecule has 0 aliphatic heterocycles. The molecule has 1 N–H and O–H groups in total. The van der Waals surface area contributed by atoms with Crippen LogP contribution in [0.25, 0.3) is 11.2 Å². The van der Waals surface area contributed by atoms with Gasteiger partial charge in [0.1, 0.15) is 16.9 Å². The van der Waals surface area contributed by atoms with E-state index in [0.717, 1.165) is 52.5 Å². The summed E-state index contributed by atoms with van der Waals surface area (Å²) in [6.07, 6.45) is 6.67. The van der Waals surface area contributed by atoms with Gasteiger partial charge in [-0.15, -0.1) is 0 Å². The van der Waals surface area contributed by atoms with E-state index in [9.17, 15) is 0 Å². The van der Waals surface area contributed by atoms with Crippen LogP contribution in [0, 0.1) is 0 Å². The molecule has 2 aromatic carbocycles. The van der Waals surface area contributed by atoms with Crippen LogP contribution < -0.4 is 15.0 Å². The van der Waals surface area contributed by atoms with Gasteiger partial charge in [-0.25, -0.2) is 9.97 Å². The van der Waals surface area contributed by atoms with Gasteiger partial charge < -0.3 is 23.8 Å². The van der Waals surface area contributed by atoms with Crippen molar-refractivity contribution in [2.24, 2.45) is 4.99 Å². The normalized spacial score (nSPS) is 14.9. The number of hydrogen-bond donors (Lipinski definition) is 1. The van der Waals surface area contributed by atoms with Gasteiger partial charge in [0.2, 0.25) is 0 Å². The van der Waals surface area contributed by atoms with Gasteiger partial charge in [-0.1, -0.05) is 36.4 Å². The Bertz CT molecular complexity index is 1440. The van der Waals surface area contributed by atoms with Gasteiger partial charge in [0, 0.05) is 6.54 Å². The highest BCUT2D eigenvalue weighted by molar-refractivity contribution is 5.70. The van der Waals surface area contributed by atoms with Crippen molar-refractivity contribution in [3.8, 4) is 11.5 Å². The zero-order chi connectivity index (χ0) is 26.5. The molecular formula is C30H37N5O3. The third kappa shape index (κ3) is 5.75. The number of benzene rings is 2. The first kappa shape index (κ1) is 26.0. The summed E-state index contributed by atoms with van der Waals surface area (Å²) in [5.74, 6) is 2.28. The minimum atomic E-state index is -0.640. The third-order valence-corrected chi connectivity index (χ3v) is 7.00. The third-order valence-electron chi connectivity index (χ3n) is 7.00. The van der Waals surface area contributed by atoms with E-state index in [2.05, 4.69) is 39.2 Å². The lowest BCUT2D eigenvalue weighted by atomic mass is 10.1. The number of hydrogen-bond acceptors (Lipinski definition) is 6. The number of nitrogens with zero attached hydrogens (tertiary/aromatic N) is 4. The van der Waals surface area contributed by atoms with E-state index in [1.165, 1.54) is 12.8 Å². The highest BCUT2D eigenvalue weighted by atomic mass is 16.5. The first-order valence-electron chi connectivity index (χ1n) is 13.4. The first-order valence-corrected chi connectivity index (χ1v) is 13.4. The van der Waals surface area contributed by atoms with Gasteiger partial charge in [0.25, 0.3) is 0 Å². The largest absolute Gasteiger partial charge is 0.493 e. The number of nitrogens with one attached hydrogen (secondary N) is 1. The molecule has 0 atom stereocenters. The quantitative estimate of drug-likeness (QED) is 0.301. The van der Waals surface area contributed by atoms with E-state index < -0.39 is 5.60 Å². The van der Waals surface area contributed by atoms with Crippen LogP contribution in [0.4, 0.5) is 0 Å². The van der Waals surface area contributed by atoms with Gasteiger partial charge in [-0.05, 0) is 69.7 Å². The summed E-state index contributed by atoms with van der Waals surface area (Å²) < 4.78 is 20.3. The molecule has 200 valence electrons. The minimum Gasteiger partial charge on any atom is -0.493 e. The van der Waals surface area contributed by atoms with E-state index in [1.807, 2.05) is 49.6 Å². The van der Waals surface area contributed by atoms with Crippen molar-refractivity contribution in [1.29, 1.82) is 0 Å². The molecule has 0 bridgehead atoms. The lowest BCUT2D eigenvalue weighted by Crippen LogP contribution is -2.23. The second kappa shape index (κ2) is 11.4. The Labute approximate surface area is 223 Å². The number of rotatable bonds is 10. The zero-order valence-corrected chi connectivity index (χ0v) is 22.7. The van der Waals surface area contributed by atoms with E-state index in [-0.39, 0.29) is 6.10 Å². The second-order valence-corrected chi connectivity index (χ2v) is 10.2. The number of fused-ring (bicyclic) bond motifs is 1. The van der Waals surface area contributed by atoms with Crippen LogP contribution >= 0.6 is 0 Å². The molecule has 0 saturated heterocycles. The van der Waals surface area contributed by atoms with Crippen molar-refractivity contribution in [2.45, 2.75) is 71.3 Å². The molecule has 8 nitrogen and oxygen atoms in total. The van der Waals surface area contributed by atoms with Crippen LogP contribution in [0.1, 0.15) is 63.4 Å². The molecule has 0 unspecified atom stereocenters. The predicted octanol–water partition coefficient (Wildman–Crippen LogP) is 5.51. The molecule has 1 fully saturated rings. The van der Waals surface area contributed by atoms with Crippen LogP contribution in [0.2, 0.25) is 0 Å². The Hall–Kier alpha value is -3.65. The van der Waals surface area contributed by atoms with Crippen molar-refractivity contribution in [1.82, 2.24) is 19.5 Å². The number of H-pyrrole nitrogens is 1. The molecule has 0 radical (unpaired) electrons. The molecular weight excluding hydrogens is 478 g/mol. The number of aromatic nitrogens is 4. The van der Waals surface area contributed by atoms with Crippen LogP contribution in [0.15, 0.2) is 59.9 Å². The molecule has 1 aliphatic carbocycles. The number of aromatic amines is 1. The smallest absolute Gasteiger partial charge is 0.176 e. The highest BCUT2D eigenvalue weighted by Gasteiger charge is 2.27. The number of methoxy groups -OCH3 is 1. The second-order valence-electron chi connectivity index (χ2n) is 10.2. The van der Waals surface area contributed by atoms with Crippen LogP contribution in [0.5, 0.6) is 11.5 Å². The summed E-state index contributed by atoms with van der Waals surface area (Å²) in [5, 5.41) is 0. The maximum atomic E-state index is 6.32. The molecule has 8 heteroatoms. The van der Waals surface area contributed by atoms with E-state index in [4.69, 9.17) is 19.2 Å². The molecule has 0 amide bonds. The average molecular weight is 516 g/mol. The SMILES string of the molecule is CCN=c1ncn(Cc2ccc(OC)c(OC3CCCC3)c2)c2nc(C(C)(C)OCc3ccccc3)[nH]c12. The summed E-state index contributed by atoms with van der Waals surface area (Å²) in [6.45, 7) is 7.76. The molecule has 2 aromatic heterocycles. The topological polar surface area (TPSA) is 86.6 Å². The summed E-state index contributed by atoms with van der Waals surface area (Å²) in [5.41, 5.74) is 3.79. The van der Waals surface area contributed by atoms with Gasteiger partial charge >= 0.3 is 0 Å². The maximum Gasteiger partial charge on any atom is 0.176 e. The van der Waals surface area contributed by atoms with Crippen molar-refractivity contribution in [2.75, 3.05) is 13.7 Å². The monoisotopic (exact) mass is 515 g/mol. The van der Waals surface area contributed by atoms with Crippen molar-refractivity contribution < 1.29 is 14.2 Å². The fourth-order valence-electron chi connectivity index (χ4n) is 4.84. The summed E-state index contributed by atoms with van der Waals surface area (Å²) in [4.78, 5) is 17.7. The highest BCUT2D eigenvalue weighted by Crippen LogP contribution is 2.33. The van der Waals surface area contributed by atoms with Crippen LogP contribution in [-0.4, -0.2) is 39.3 Å². The van der Waals surface area contributed by atoms with E-state index in [1.54, 1.807) is 13.4 Å². The molecule has 2 heterocycles. The zero-order valence-electron chi connectivity index (χ0n) is 22.7. The van der Waals surface area contributed by atoms with Crippen molar-refractivity contribution in [3.05, 3.63) is 77.3 Å². The Morgan fingerprint density at radius 1 is 1.05 bits per heavy atom. The fourth-order valence-corrected chi connectivity index (χ4v) is 4.84. The fraction of sp³-hybridized carbons (Fsp3) is 0.433. The average Bonchev–Trinajstić information content (AvgIpc) is 3.61. The van der Waals surface area contributed by atoms with Gasteiger partial charge in [-0.2, -0.15) is 0 Å². The summed E-state index contributed by atoms with van der Waals surface area (Å²) in [6, 6.07) is 16.3. The maximum absolute atomic E-state index is 6.32. The molecule has 1 aliphatic rings. The Kier molecular flexibility index (Phi) is 7.79. The van der Waals surface area contributed by atoms with Crippen LogP contribution in [-0.2, 0) is 23.5 Å². The summed E-state index contributed by atoms with van der Waals surface area (Å²) in [7, 11) is 1.68.